The Balaban J connectivity index is 1.41. The van der Waals surface area contributed by atoms with Crippen LogP contribution in [0.15, 0.2) is 73.2 Å². The minimum Gasteiger partial charge on any atom is -0.349 e. The molecule has 3 aromatic heterocycles. The van der Waals surface area contributed by atoms with Crippen molar-refractivity contribution in [3.63, 3.8) is 0 Å². The van der Waals surface area contributed by atoms with Crippen molar-refractivity contribution >= 4 is 45.1 Å². The zero-order valence-electron chi connectivity index (χ0n) is 14.6. The van der Waals surface area contributed by atoms with Crippen molar-refractivity contribution in [1.29, 1.82) is 0 Å². The van der Waals surface area contributed by atoms with Gasteiger partial charge >= 0.3 is 0 Å². The first-order chi connectivity index (χ1) is 13.7. The van der Waals surface area contributed by atoms with E-state index in [9.17, 15) is 4.79 Å². The number of aromatic nitrogens is 4. The third-order valence-electron chi connectivity index (χ3n) is 4.58. The van der Waals surface area contributed by atoms with E-state index in [0.717, 1.165) is 27.8 Å². The number of nitrogens with zero attached hydrogens (tertiary/aromatic N) is 3. The van der Waals surface area contributed by atoms with Crippen LogP contribution >= 0.6 is 11.6 Å². The maximum absolute atomic E-state index is 12.6. The molecule has 5 rings (SSSR count). The van der Waals surface area contributed by atoms with E-state index in [1.54, 1.807) is 18.6 Å². The number of anilines is 1. The van der Waals surface area contributed by atoms with Gasteiger partial charge < -0.3 is 10.3 Å². The van der Waals surface area contributed by atoms with E-state index in [4.69, 9.17) is 11.6 Å². The first-order valence-electron chi connectivity index (χ1n) is 8.67. The highest BCUT2D eigenvalue weighted by molar-refractivity contribution is 6.39. The number of amides is 1. The summed E-state index contributed by atoms with van der Waals surface area (Å²) in [7, 11) is 0. The number of imidazole rings is 1. The van der Waals surface area contributed by atoms with E-state index in [1.807, 2.05) is 59.2 Å². The van der Waals surface area contributed by atoms with Gasteiger partial charge in [-0.2, -0.15) is 0 Å². The lowest BCUT2D eigenvalue weighted by Gasteiger charge is -2.07. The summed E-state index contributed by atoms with van der Waals surface area (Å²) in [6, 6.07) is 19.0. The molecule has 3 heterocycles. The van der Waals surface area contributed by atoms with Gasteiger partial charge in [0.25, 0.3) is 5.91 Å². The number of benzene rings is 2. The van der Waals surface area contributed by atoms with Crippen LogP contribution in [0.25, 0.3) is 27.8 Å². The second kappa shape index (κ2) is 6.51. The Kier molecular flexibility index (Phi) is 3.84. The Bertz CT molecular complexity index is 1320. The lowest BCUT2D eigenvalue weighted by Crippen LogP contribution is -2.13. The van der Waals surface area contributed by atoms with Gasteiger partial charge in [0.2, 0.25) is 0 Å². The van der Waals surface area contributed by atoms with E-state index >= 15 is 0 Å². The SMILES string of the molecule is O=C(Nc1ccc(-n2cnc3ccccc32)nc1)c1[nH]c2ccccc2c1Cl. The Morgan fingerprint density at radius 1 is 1.00 bits per heavy atom. The van der Waals surface area contributed by atoms with Gasteiger partial charge in [0.1, 0.15) is 17.8 Å². The summed E-state index contributed by atoms with van der Waals surface area (Å²) < 4.78 is 1.90. The molecule has 0 atom stereocenters. The van der Waals surface area contributed by atoms with Crippen molar-refractivity contribution in [2.24, 2.45) is 0 Å². The fraction of sp³-hybridized carbons (Fsp3) is 0. The van der Waals surface area contributed by atoms with E-state index in [1.165, 1.54) is 0 Å². The number of carbonyl (C=O) groups excluding carboxylic acids is 1. The minimum atomic E-state index is -0.316. The van der Waals surface area contributed by atoms with Crippen LogP contribution in [0.4, 0.5) is 5.69 Å². The summed E-state index contributed by atoms with van der Waals surface area (Å²) in [6.07, 6.45) is 3.34. The van der Waals surface area contributed by atoms with Gasteiger partial charge in [-0.15, -0.1) is 0 Å². The van der Waals surface area contributed by atoms with Crippen LogP contribution in [0.2, 0.25) is 5.02 Å². The first kappa shape index (κ1) is 16.5. The number of aromatic amines is 1. The summed E-state index contributed by atoms with van der Waals surface area (Å²) in [6.45, 7) is 0. The van der Waals surface area contributed by atoms with Gasteiger partial charge in [-0.1, -0.05) is 41.9 Å². The second-order valence-electron chi connectivity index (χ2n) is 6.32. The number of rotatable bonds is 3. The van der Waals surface area contributed by atoms with Crippen molar-refractivity contribution in [2.75, 3.05) is 5.32 Å². The molecular formula is C21H14ClN5O. The van der Waals surface area contributed by atoms with E-state index < -0.39 is 0 Å². The molecule has 2 N–H and O–H groups in total. The predicted octanol–water partition coefficient (Wildman–Crippen LogP) is 4.81. The lowest BCUT2D eigenvalue weighted by atomic mass is 10.2. The first-order valence-corrected chi connectivity index (χ1v) is 9.04. The zero-order valence-corrected chi connectivity index (χ0v) is 15.3. The van der Waals surface area contributed by atoms with Crippen molar-refractivity contribution in [3.8, 4) is 5.82 Å². The maximum atomic E-state index is 12.6. The van der Waals surface area contributed by atoms with Gasteiger partial charge in [0.15, 0.2) is 0 Å². The zero-order chi connectivity index (χ0) is 19.1. The molecule has 5 aromatic rings. The number of carbonyl (C=O) groups is 1. The average molecular weight is 388 g/mol. The van der Waals surface area contributed by atoms with Crippen LogP contribution in [0.3, 0.4) is 0 Å². The monoisotopic (exact) mass is 387 g/mol. The largest absolute Gasteiger partial charge is 0.349 e. The molecule has 6 nitrogen and oxygen atoms in total. The Hall–Kier alpha value is -3.64. The Morgan fingerprint density at radius 2 is 1.82 bits per heavy atom. The van der Waals surface area contributed by atoms with Crippen molar-refractivity contribution < 1.29 is 4.79 Å². The molecule has 0 aliphatic carbocycles. The number of pyridine rings is 1. The summed E-state index contributed by atoms with van der Waals surface area (Å²) >= 11 is 6.35. The highest BCUT2D eigenvalue weighted by atomic mass is 35.5. The number of hydrogen-bond donors (Lipinski definition) is 2. The lowest BCUT2D eigenvalue weighted by molar-refractivity contribution is 0.102. The highest BCUT2D eigenvalue weighted by Crippen LogP contribution is 2.27. The number of hydrogen-bond acceptors (Lipinski definition) is 3. The Labute approximate surface area is 164 Å². The molecule has 0 radical (unpaired) electrons. The van der Waals surface area contributed by atoms with Crippen LogP contribution in [-0.4, -0.2) is 25.4 Å². The molecule has 0 fully saturated rings. The van der Waals surface area contributed by atoms with Gasteiger partial charge in [0, 0.05) is 10.9 Å². The predicted molar refractivity (Wildman–Crippen MR) is 110 cm³/mol. The molecule has 0 unspecified atom stereocenters. The van der Waals surface area contributed by atoms with Crippen LogP contribution in [0, 0.1) is 0 Å². The molecule has 28 heavy (non-hydrogen) atoms. The van der Waals surface area contributed by atoms with Crippen LogP contribution in [0.5, 0.6) is 0 Å². The van der Waals surface area contributed by atoms with Gasteiger partial charge in [0.05, 0.1) is 27.9 Å². The van der Waals surface area contributed by atoms with E-state index in [0.29, 0.717) is 16.4 Å². The third-order valence-corrected chi connectivity index (χ3v) is 4.97. The fourth-order valence-corrected chi connectivity index (χ4v) is 3.50. The molecule has 0 saturated carbocycles. The molecule has 0 saturated heterocycles. The molecule has 2 aromatic carbocycles. The average Bonchev–Trinajstić information content (AvgIpc) is 3.30. The van der Waals surface area contributed by atoms with Crippen LogP contribution in [0.1, 0.15) is 10.5 Å². The number of halogens is 1. The summed E-state index contributed by atoms with van der Waals surface area (Å²) in [4.78, 5) is 24.5. The van der Waals surface area contributed by atoms with Crippen molar-refractivity contribution in [2.45, 2.75) is 0 Å². The van der Waals surface area contributed by atoms with E-state index in [-0.39, 0.29) is 5.91 Å². The van der Waals surface area contributed by atoms with Crippen molar-refractivity contribution in [3.05, 3.63) is 83.9 Å². The standard InChI is InChI=1S/C21H14ClN5O/c22-19-14-5-1-2-6-15(14)26-20(19)21(28)25-13-9-10-18(23-11-13)27-12-24-16-7-3-4-8-17(16)27/h1-12,26H,(H,25,28). The minimum absolute atomic E-state index is 0.316. The second-order valence-corrected chi connectivity index (χ2v) is 6.70. The summed E-state index contributed by atoms with van der Waals surface area (Å²) in [5.74, 6) is 0.402. The van der Waals surface area contributed by atoms with Crippen LogP contribution in [-0.2, 0) is 0 Å². The molecule has 136 valence electrons. The smallest absolute Gasteiger partial charge is 0.273 e. The molecule has 7 heteroatoms. The molecule has 0 aliphatic heterocycles. The molecule has 0 spiro atoms. The third kappa shape index (κ3) is 2.71. The van der Waals surface area contributed by atoms with Gasteiger partial charge in [-0.3, -0.25) is 9.36 Å². The topological polar surface area (TPSA) is 75.6 Å². The normalized spacial score (nSPS) is 11.2. The Morgan fingerprint density at radius 3 is 2.64 bits per heavy atom. The number of para-hydroxylation sites is 3. The summed E-state index contributed by atoms with van der Waals surface area (Å²) in [5.41, 5.74) is 3.59. The highest BCUT2D eigenvalue weighted by Gasteiger charge is 2.16. The quantitative estimate of drug-likeness (QED) is 0.466. The fourth-order valence-electron chi connectivity index (χ4n) is 3.20. The molecule has 0 aliphatic rings. The summed E-state index contributed by atoms with van der Waals surface area (Å²) in [5, 5.41) is 4.05. The van der Waals surface area contributed by atoms with Crippen molar-refractivity contribution in [1.82, 2.24) is 19.5 Å². The van der Waals surface area contributed by atoms with Gasteiger partial charge in [-0.05, 0) is 30.3 Å². The molecule has 0 bridgehead atoms. The van der Waals surface area contributed by atoms with Gasteiger partial charge in [-0.25, -0.2) is 9.97 Å². The number of H-pyrrole nitrogens is 1. The number of nitrogens with one attached hydrogen (secondary N) is 2. The van der Waals surface area contributed by atoms with E-state index in [2.05, 4.69) is 20.3 Å². The molecular weight excluding hydrogens is 374 g/mol. The van der Waals surface area contributed by atoms with Crippen LogP contribution < -0.4 is 5.32 Å². The maximum Gasteiger partial charge on any atom is 0.273 e. The molecule has 1 amide bonds. The number of fused-ring (bicyclic) bond motifs is 2.